The quantitative estimate of drug-likeness (QED) is 0.872. The number of carbonyl (C=O) groups is 1. The van der Waals surface area contributed by atoms with Crippen LogP contribution in [-0.2, 0) is 4.79 Å². The minimum atomic E-state index is -0.192. The van der Waals surface area contributed by atoms with Gasteiger partial charge in [-0.25, -0.2) is 0 Å². The molecule has 0 spiro atoms. The molecule has 0 radical (unpaired) electrons. The van der Waals surface area contributed by atoms with E-state index in [1.807, 2.05) is 6.92 Å². The third-order valence-corrected chi connectivity index (χ3v) is 4.31. The molecule has 1 aromatic carbocycles. The molecule has 1 atom stereocenters. The van der Waals surface area contributed by atoms with Gasteiger partial charge in [-0.1, -0.05) is 13.0 Å². The maximum Gasteiger partial charge on any atom is 0.246 e. The lowest BCUT2D eigenvalue weighted by Crippen LogP contribution is -2.37. The maximum atomic E-state index is 11.9. The fourth-order valence-electron chi connectivity index (χ4n) is 2.86. The second-order valence-electron chi connectivity index (χ2n) is 5.45. The summed E-state index contributed by atoms with van der Waals surface area (Å²) in [7, 11) is 2.14. The Morgan fingerprint density at radius 3 is 2.84 bits per heavy atom. The van der Waals surface area contributed by atoms with E-state index in [0.717, 1.165) is 17.8 Å². The lowest BCUT2D eigenvalue weighted by Gasteiger charge is -2.36. The summed E-state index contributed by atoms with van der Waals surface area (Å²) < 4.78 is 0. The van der Waals surface area contributed by atoms with Gasteiger partial charge in [-0.2, -0.15) is 0 Å². The minimum Gasteiger partial charge on any atom is -0.372 e. The van der Waals surface area contributed by atoms with E-state index in [4.69, 9.17) is 0 Å². The molecular formula is C15H21N3O. The maximum absolute atomic E-state index is 11.9. The number of likely N-dealkylation sites (N-methyl/N-ethyl adjacent to an activating group) is 1. The second kappa shape index (κ2) is 4.85. The van der Waals surface area contributed by atoms with Crippen molar-refractivity contribution in [3.63, 3.8) is 0 Å². The highest BCUT2D eigenvalue weighted by Gasteiger charge is 2.30. The molecule has 0 bridgehead atoms. The Morgan fingerprint density at radius 1 is 1.42 bits per heavy atom. The van der Waals surface area contributed by atoms with Crippen molar-refractivity contribution in [2.75, 3.05) is 23.8 Å². The first-order chi connectivity index (χ1) is 9.20. The van der Waals surface area contributed by atoms with E-state index in [1.54, 1.807) is 0 Å². The van der Waals surface area contributed by atoms with Crippen LogP contribution >= 0.6 is 0 Å². The Bertz CT molecular complexity index is 496. The van der Waals surface area contributed by atoms with E-state index >= 15 is 0 Å². The fraction of sp³-hybridized carbons (Fsp3) is 0.533. The molecule has 1 amide bonds. The van der Waals surface area contributed by atoms with Gasteiger partial charge < -0.3 is 15.5 Å². The summed E-state index contributed by atoms with van der Waals surface area (Å²) >= 11 is 0. The zero-order valence-corrected chi connectivity index (χ0v) is 11.6. The zero-order chi connectivity index (χ0) is 13.4. The van der Waals surface area contributed by atoms with Crippen molar-refractivity contribution in [1.82, 2.24) is 5.32 Å². The Morgan fingerprint density at radius 2 is 2.21 bits per heavy atom. The summed E-state index contributed by atoms with van der Waals surface area (Å²) in [4.78, 5) is 14.2. The van der Waals surface area contributed by atoms with Crippen LogP contribution in [0.3, 0.4) is 0 Å². The van der Waals surface area contributed by atoms with E-state index in [-0.39, 0.29) is 11.9 Å². The highest BCUT2D eigenvalue weighted by molar-refractivity contribution is 6.03. The number of benzene rings is 1. The average Bonchev–Trinajstić information content (AvgIpc) is 2.63. The molecule has 1 aliphatic carbocycles. The van der Waals surface area contributed by atoms with Crippen molar-refractivity contribution in [3.05, 3.63) is 23.8 Å². The Labute approximate surface area is 114 Å². The first-order valence-electron chi connectivity index (χ1n) is 7.11. The predicted molar refractivity (Wildman–Crippen MR) is 77.5 cm³/mol. The highest BCUT2D eigenvalue weighted by Crippen LogP contribution is 2.36. The molecule has 102 valence electrons. The topological polar surface area (TPSA) is 44.4 Å². The average molecular weight is 259 g/mol. The number of carbonyl (C=O) groups excluding carboxylic acids is 1. The molecule has 2 aliphatic rings. The molecule has 3 rings (SSSR count). The standard InChI is InChI=1S/C15H21N3O/c1-3-16-14-12-8-7-11(9-13(12)17-15(14)19)18(2)10-5-4-6-10/h7-10,14,16H,3-6H2,1-2H3,(H,17,19). The molecule has 0 saturated heterocycles. The third-order valence-electron chi connectivity index (χ3n) is 4.31. The van der Waals surface area contributed by atoms with Crippen LogP contribution in [0.15, 0.2) is 18.2 Å². The molecule has 2 N–H and O–H groups in total. The molecule has 4 heteroatoms. The van der Waals surface area contributed by atoms with Gasteiger partial charge in [0, 0.05) is 30.0 Å². The summed E-state index contributed by atoms with van der Waals surface area (Å²) in [5, 5.41) is 6.19. The first kappa shape index (κ1) is 12.5. The summed E-state index contributed by atoms with van der Waals surface area (Å²) in [5.74, 6) is 0.0558. The molecule has 1 aliphatic heterocycles. The fourth-order valence-corrected chi connectivity index (χ4v) is 2.86. The molecule has 0 aromatic heterocycles. The van der Waals surface area contributed by atoms with Gasteiger partial charge in [-0.3, -0.25) is 4.79 Å². The van der Waals surface area contributed by atoms with Crippen molar-refractivity contribution in [2.24, 2.45) is 0 Å². The Kier molecular flexibility index (Phi) is 3.19. The summed E-state index contributed by atoms with van der Waals surface area (Å²) in [5.41, 5.74) is 3.22. The zero-order valence-electron chi connectivity index (χ0n) is 11.6. The number of hydrogen-bond donors (Lipinski definition) is 2. The predicted octanol–water partition coefficient (Wildman–Crippen LogP) is 2.28. The van der Waals surface area contributed by atoms with Crippen molar-refractivity contribution < 1.29 is 4.79 Å². The van der Waals surface area contributed by atoms with Crippen LogP contribution in [0.4, 0.5) is 11.4 Å². The first-order valence-corrected chi connectivity index (χ1v) is 7.11. The highest BCUT2D eigenvalue weighted by atomic mass is 16.2. The number of rotatable bonds is 4. The van der Waals surface area contributed by atoms with Gasteiger partial charge in [0.1, 0.15) is 6.04 Å². The van der Waals surface area contributed by atoms with E-state index in [2.05, 4.69) is 40.8 Å². The van der Waals surface area contributed by atoms with Gasteiger partial charge in [0.25, 0.3) is 0 Å². The van der Waals surface area contributed by atoms with Crippen molar-refractivity contribution in [2.45, 2.75) is 38.3 Å². The van der Waals surface area contributed by atoms with Crippen LogP contribution < -0.4 is 15.5 Å². The van der Waals surface area contributed by atoms with Gasteiger partial charge in [0.05, 0.1) is 0 Å². The Balaban J connectivity index is 1.85. The van der Waals surface area contributed by atoms with Gasteiger partial charge in [-0.15, -0.1) is 0 Å². The second-order valence-corrected chi connectivity index (χ2v) is 5.45. The van der Waals surface area contributed by atoms with E-state index < -0.39 is 0 Å². The molecule has 4 nitrogen and oxygen atoms in total. The van der Waals surface area contributed by atoms with E-state index in [1.165, 1.54) is 24.9 Å². The minimum absolute atomic E-state index is 0.0558. The van der Waals surface area contributed by atoms with Crippen LogP contribution in [0.1, 0.15) is 37.8 Å². The molecule has 1 heterocycles. The lowest BCUT2D eigenvalue weighted by molar-refractivity contribution is -0.117. The van der Waals surface area contributed by atoms with Crippen LogP contribution in [0.25, 0.3) is 0 Å². The van der Waals surface area contributed by atoms with Crippen LogP contribution in [0.5, 0.6) is 0 Å². The van der Waals surface area contributed by atoms with E-state index in [0.29, 0.717) is 6.04 Å². The SMILES string of the molecule is CCNC1C(=O)Nc2cc(N(C)C3CCC3)ccc21. The van der Waals surface area contributed by atoms with Gasteiger partial charge in [-0.05, 0) is 37.9 Å². The van der Waals surface area contributed by atoms with Crippen LogP contribution in [-0.4, -0.2) is 25.5 Å². The smallest absolute Gasteiger partial charge is 0.246 e. The number of nitrogens with one attached hydrogen (secondary N) is 2. The molecule has 1 saturated carbocycles. The largest absolute Gasteiger partial charge is 0.372 e. The lowest BCUT2D eigenvalue weighted by atomic mass is 9.91. The van der Waals surface area contributed by atoms with Gasteiger partial charge in [0.2, 0.25) is 5.91 Å². The molecular weight excluding hydrogens is 238 g/mol. The molecule has 1 fully saturated rings. The number of fused-ring (bicyclic) bond motifs is 1. The summed E-state index contributed by atoms with van der Waals surface area (Å²) in [6.07, 6.45) is 3.89. The van der Waals surface area contributed by atoms with Crippen LogP contribution in [0.2, 0.25) is 0 Å². The van der Waals surface area contributed by atoms with Crippen LogP contribution in [0, 0.1) is 0 Å². The number of amides is 1. The Hall–Kier alpha value is -1.55. The normalized spacial score (nSPS) is 21.8. The number of nitrogens with zero attached hydrogens (tertiary/aromatic N) is 1. The number of anilines is 2. The van der Waals surface area contributed by atoms with E-state index in [9.17, 15) is 4.79 Å². The third kappa shape index (κ3) is 2.10. The van der Waals surface area contributed by atoms with Crippen molar-refractivity contribution in [3.8, 4) is 0 Å². The monoisotopic (exact) mass is 259 g/mol. The van der Waals surface area contributed by atoms with Crippen molar-refractivity contribution >= 4 is 17.3 Å². The molecule has 19 heavy (non-hydrogen) atoms. The van der Waals surface area contributed by atoms with Gasteiger partial charge in [0.15, 0.2) is 0 Å². The number of hydrogen-bond acceptors (Lipinski definition) is 3. The molecule has 1 unspecified atom stereocenters. The van der Waals surface area contributed by atoms with Gasteiger partial charge >= 0.3 is 0 Å². The molecule has 1 aromatic rings. The van der Waals surface area contributed by atoms with Crippen molar-refractivity contribution in [1.29, 1.82) is 0 Å². The summed E-state index contributed by atoms with van der Waals surface area (Å²) in [6.45, 7) is 2.81. The summed E-state index contributed by atoms with van der Waals surface area (Å²) in [6, 6.07) is 6.78.